The van der Waals surface area contributed by atoms with Crippen LogP contribution in [0.1, 0.15) is 28.8 Å². The van der Waals surface area contributed by atoms with Gasteiger partial charge in [0.15, 0.2) is 0 Å². The van der Waals surface area contributed by atoms with Crippen molar-refractivity contribution in [3.05, 3.63) is 101 Å². The van der Waals surface area contributed by atoms with Crippen LogP contribution in [0.2, 0.25) is 0 Å². The zero-order chi connectivity index (χ0) is 23.2. The highest BCUT2D eigenvalue weighted by atomic mass is 32.2. The number of fused-ring (bicyclic) bond motifs is 3. The predicted molar refractivity (Wildman–Crippen MR) is 130 cm³/mol. The number of ether oxygens (including phenoxy) is 2. The van der Waals surface area contributed by atoms with Crippen LogP contribution in [-0.4, -0.2) is 28.1 Å². The van der Waals surface area contributed by atoms with E-state index in [1.165, 1.54) is 23.9 Å². The maximum absolute atomic E-state index is 13.9. The molecule has 3 aromatic carbocycles. The molecule has 0 bridgehead atoms. The Kier molecular flexibility index (Phi) is 5.03. The fourth-order valence-electron chi connectivity index (χ4n) is 4.56. The third kappa shape index (κ3) is 3.33. The number of benzene rings is 3. The van der Waals surface area contributed by atoms with Gasteiger partial charge in [0, 0.05) is 11.1 Å². The van der Waals surface area contributed by atoms with Gasteiger partial charge in [-0.2, -0.15) is 4.98 Å². The van der Waals surface area contributed by atoms with E-state index in [9.17, 15) is 4.39 Å². The first-order valence-electron chi connectivity index (χ1n) is 10.8. The molecule has 6 rings (SSSR count). The average molecular weight is 473 g/mol. The van der Waals surface area contributed by atoms with Crippen molar-refractivity contribution in [2.75, 3.05) is 18.7 Å². The summed E-state index contributed by atoms with van der Waals surface area (Å²) in [5.74, 6) is 1.91. The predicted octanol–water partition coefficient (Wildman–Crippen LogP) is 5.71. The van der Waals surface area contributed by atoms with E-state index in [-0.39, 0.29) is 11.9 Å². The van der Waals surface area contributed by atoms with Crippen molar-refractivity contribution >= 4 is 23.4 Å². The Morgan fingerprint density at radius 3 is 2.47 bits per heavy atom. The van der Waals surface area contributed by atoms with Crippen LogP contribution in [0.15, 0.2) is 83.5 Å². The Morgan fingerprint density at radius 1 is 1.00 bits per heavy atom. The fourth-order valence-corrected chi connectivity index (χ4v) is 4.91. The van der Waals surface area contributed by atoms with Crippen molar-refractivity contribution in [3.8, 4) is 11.5 Å². The molecule has 6 nitrogen and oxygen atoms in total. The van der Waals surface area contributed by atoms with Gasteiger partial charge in [-0.1, -0.05) is 48.2 Å². The summed E-state index contributed by atoms with van der Waals surface area (Å²) < 4.78 is 27.7. The van der Waals surface area contributed by atoms with Crippen LogP contribution >= 0.6 is 11.8 Å². The van der Waals surface area contributed by atoms with Gasteiger partial charge < -0.3 is 14.8 Å². The molecule has 0 amide bonds. The lowest BCUT2D eigenvalue weighted by molar-refractivity contribution is 0.222. The van der Waals surface area contributed by atoms with Gasteiger partial charge in [0.1, 0.15) is 29.5 Å². The first-order chi connectivity index (χ1) is 16.7. The number of halogens is 1. The Bertz CT molecular complexity index is 1400. The molecule has 0 aliphatic carbocycles. The molecule has 1 aromatic heterocycles. The van der Waals surface area contributed by atoms with Gasteiger partial charge in [0.05, 0.1) is 12.8 Å². The van der Waals surface area contributed by atoms with Gasteiger partial charge in [-0.25, -0.2) is 9.07 Å². The topological polar surface area (TPSA) is 61.2 Å². The van der Waals surface area contributed by atoms with Crippen molar-refractivity contribution < 1.29 is 13.9 Å². The molecule has 0 fully saturated rings. The first kappa shape index (κ1) is 20.8. The van der Waals surface area contributed by atoms with E-state index >= 15 is 0 Å². The zero-order valence-electron chi connectivity index (χ0n) is 18.5. The Morgan fingerprint density at radius 2 is 1.74 bits per heavy atom. The van der Waals surface area contributed by atoms with E-state index in [0.29, 0.717) is 11.1 Å². The van der Waals surface area contributed by atoms with Crippen molar-refractivity contribution in [2.45, 2.75) is 17.3 Å². The molecule has 34 heavy (non-hydrogen) atoms. The number of nitrogens with zero attached hydrogens (tertiary/aromatic N) is 3. The lowest BCUT2D eigenvalue weighted by atomic mass is 9.84. The normalized spacial score (nSPS) is 18.3. The SMILES string of the molecule is COc1ccc([C@H]2Oc3ccccc3C3=C2[C@@H](c2ccc(F)cc2)n2nc(SC)nc2N3)cc1. The number of aromatic nitrogens is 3. The number of rotatable bonds is 4. The molecule has 1 N–H and O–H groups in total. The zero-order valence-corrected chi connectivity index (χ0v) is 19.3. The second-order valence-electron chi connectivity index (χ2n) is 8.04. The monoisotopic (exact) mass is 472 g/mol. The number of hydrogen-bond acceptors (Lipinski definition) is 6. The van der Waals surface area contributed by atoms with Crippen LogP contribution < -0.4 is 14.8 Å². The van der Waals surface area contributed by atoms with E-state index in [2.05, 4.69) is 10.3 Å². The molecule has 3 heterocycles. The van der Waals surface area contributed by atoms with Crippen LogP contribution in [-0.2, 0) is 0 Å². The van der Waals surface area contributed by atoms with Crippen LogP contribution in [0.3, 0.4) is 0 Å². The van der Waals surface area contributed by atoms with E-state index in [4.69, 9.17) is 14.6 Å². The highest BCUT2D eigenvalue weighted by Gasteiger charge is 2.41. The standard InChI is InChI=1S/C26H21FN4O2S/c1-32-18-13-9-16(10-14-18)24-21-22(19-5-3-4-6-20(19)33-24)28-25-29-26(34-2)30-31(25)23(21)15-7-11-17(27)12-8-15/h3-14,23-24H,1-2H3,(H,28,29,30)/t23-,24-/m1/s1. The van der Waals surface area contributed by atoms with Crippen LogP contribution in [0, 0.1) is 5.82 Å². The second kappa shape index (κ2) is 8.22. The van der Waals surface area contributed by atoms with E-state index in [0.717, 1.165) is 39.5 Å². The molecule has 0 unspecified atom stereocenters. The van der Waals surface area contributed by atoms with E-state index < -0.39 is 6.10 Å². The highest BCUT2D eigenvalue weighted by Crippen LogP contribution is 2.50. The molecule has 0 radical (unpaired) electrons. The molecular weight excluding hydrogens is 451 g/mol. The average Bonchev–Trinajstić information content (AvgIpc) is 3.30. The minimum absolute atomic E-state index is 0.285. The summed E-state index contributed by atoms with van der Waals surface area (Å²) in [7, 11) is 1.65. The van der Waals surface area contributed by atoms with Gasteiger partial charge in [0.2, 0.25) is 11.1 Å². The third-order valence-corrected chi connectivity index (χ3v) is 6.69. The molecule has 2 aliphatic heterocycles. The number of hydrogen-bond donors (Lipinski definition) is 1. The summed E-state index contributed by atoms with van der Waals surface area (Å²) in [6.07, 6.45) is 1.55. The first-order valence-corrected chi connectivity index (χ1v) is 12.1. The molecular formula is C26H21FN4O2S. The molecule has 8 heteroatoms. The van der Waals surface area contributed by atoms with Crippen LogP contribution in [0.25, 0.3) is 5.70 Å². The molecule has 0 saturated heterocycles. The van der Waals surface area contributed by atoms with Crippen molar-refractivity contribution in [1.29, 1.82) is 0 Å². The maximum atomic E-state index is 13.9. The summed E-state index contributed by atoms with van der Waals surface area (Å²) in [4.78, 5) is 4.69. The number of thioether (sulfide) groups is 1. The molecule has 2 atom stereocenters. The minimum Gasteiger partial charge on any atom is -0.497 e. The second-order valence-corrected chi connectivity index (χ2v) is 8.82. The quantitative estimate of drug-likeness (QED) is 0.384. The molecule has 4 aromatic rings. The van der Waals surface area contributed by atoms with Crippen molar-refractivity contribution in [2.24, 2.45) is 0 Å². The summed E-state index contributed by atoms with van der Waals surface area (Å²) in [5, 5.41) is 8.93. The molecule has 0 spiro atoms. The molecule has 0 saturated carbocycles. The Labute approximate surface area is 200 Å². The van der Waals surface area contributed by atoms with Crippen molar-refractivity contribution in [1.82, 2.24) is 14.8 Å². The summed E-state index contributed by atoms with van der Waals surface area (Å²) >= 11 is 1.48. The smallest absolute Gasteiger partial charge is 0.227 e. The summed E-state index contributed by atoms with van der Waals surface area (Å²) in [5.41, 5.74) is 4.75. The third-order valence-electron chi connectivity index (χ3n) is 6.15. The summed E-state index contributed by atoms with van der Waals surface area (Å²) in [6.45, 7) is 0. The van der Waals surface area contributed by atoms with Gasteiger partial charge in [-0.05, 0) is 53.8 Å². The number of para-hydroxylation sites is 1. The van der Waals surface area contributed by atoms with E-state index in [1.54, 1.807) is 19.2 Å². The number of nitrogens with one attached hydrogen (secondary N) is 1. The van der Waals surface area contributed by atoms with Gasteiger partial charge in [0.25, 0.3) is 0 Å². The van der Waals surface area contributed by atoms with Gasteiger partial charge in [-0.3, -0.25) is 0 Å². The number of methoxy groups -OCH3 is 1. The van der Waals surface area contributed by atoms with E-state index in [1.807, 2.05) is 59.5 Å². The van der Waals surface area contributed by atoms with Gasteiger partial charge in [-0.15, -0.1) is 5.10 Å². The fraction of sp³-hybridized carbons (Fsp3) is 0.154. The summed E-state index contributed by atoms with van der Waals surface area (Å²) in [6, 6.07) is 22.0. The maximum Gasteiger partial charge on any atom is 0.227 e. The highest BCUT2D eigenvalue weighted by molar-refractivity contribution is 7.98. The molecule has 2 aliphatic rings. The van der Waals surface area contributed by atoms with Gasteiger partial charge >= 0.3 is 0 Å². The molecule has 170 valence electrons. The van der Waals surface area contributed by atoms with Crippen molar-refractivity contribution in [3.63, 3.8) is 0 Å². The van der Waals surface area contributed by atoms with Crippen LogP contribution in [0.4, 0.5) is 10.3 Å². The Balaban J connectivity index is 1.60. The van der Waals surface area contributed by atoms with Crippen LogP contribution in [0.5, 0.6) is 11.5 Å². The largest absolute Gasteiger partial charge is 0.497 e. The minimum atomic E-state index is -0.395. The lowest BCUT2D eigenvalue weighted by Gasteiger charge is -2.38. The lowest BCUT2D eigenvalue weighted by Crippen LogP contribution is -2.32. The number of anilines is 1. The Hall–Kier alpha value is -3.78.